The van der Waals surface area contributed by atoms with E-state index in [1.54, 1.807) is 0 Å². The zero-order valence-electron chi connectivity index (χ0n) is 11.6. The van der Waals surface area contributed by atoms with E-state index in [0.717, 1.165) is 24.9 Å². The first-order chi connectivity index (χ1) is 7.72. The van der Waals surface area contributed by atoms with Crippen molar-refractivity contribution in [1.82, 2.24) is 9.80 Å². The SMILES string of the molecule is Cl.Cl.Cl.Cl.N[C@@H]1CN2CC[C@H]1C2.N[C@H]1CN2CC[C@@H]1C2. The van der Waals surface area contributed by atoms with E-state index in [4.69, 9.17) is 11.5 Å². The van der Waals surface area contributed by atoms with Crippen LogP contribution in [-0.2, 0) is 0 Å². The summed E-state index contributed by atoms with van der Waals surface area (Å²) in [6.07, 6.45) is 2.70. The molecule has 8 heteroatoms. The number of fused-ring (bicyclic) bond motifs is 4. The van der Waals surface area contributed by atoms with E-state index < -0.39 is 0 Å². The first kappa shape index (κ1) is 23.3. The minimum Gasteiger partial charge on any atom is -0.326 e. The van der Waals surface area contributed by atoms with Crippen LogP contribution in [0, 0.1) is 11.8 Å². The van der Waals surface area contributed by atoms with Crippen LogP contribution in [0.5, 0.6) is 0 Å². The molecule has 4 N–H and O–H groups in total. The molecule has 4 nitrogen and oxygen atoms in total. The first-order valence-corrected chi connectivity index (χ1v) is 6.68. The number of nitrogens with zero attached hydrogens (tertiary/aromatic N) is 2. The molecule has 4 aliphatic heterocycles. The molecule has 0 spiro atoms. The fourth-order valence-corrected chi connectivity index (χ4v) is 3.65. The standard InChI is InChI=1S/2C6H12N2.4ClH/c2*7-6-4-8-2-1-5(6)3-8;;;;/h2*5-6H,1-4,7H2;4*1H/t2*5-,6+;;;;/m10..../s1. The summed E-state index contributed by atoms with van der Waals surface area (Å²) >= 11 is 0. The van der Waals surface area contributed by atoms with E-state index in [2.05, 4.69) is 9.80 Å². The molecule has 2 unspecified atom stereocenters. The molecule has 4 bridgehead atoms. The highest BCUT2D eigenvalue weighted by Gasteiger charge is 2.35. The predicted octanol–water partition coefficient (Wildman–Crippen LogP) is 0.986. The van der Waals surface area contributed by atoms with Gasteiger partial charge in [-0.15, -0.1) is 49.6 Å². The molecule has 0 amide bonds. The Morgan fingerprint density at radius 2 is 0.950 bits per heavy atom. The zero-order valence-corrected chi connectivity index (χ0v) is 14.9. The maximum Gasteiger partial charge on any atom is 0.0209 e. The molecular formula is C12H28Cl4N4. The largest absolute Gasteiger partial charge is 0.326 e. The summed E-state index contributed by atoms with van der Waals surface area (Å²) in [5, 5.41) is 0. The van der Waals surface area contributed by atoms with E-state index >= 15 is 0 Å². The van der Waals surface area contributed by atoms with Gasteiger partial charge in [0.15, 0.2) is 0 Å². The van der Waals surface area contributed by atoms with Crippen LogP contribution in [0.15, 0.2) is 0 Å². The van der Waals surface area contributed by atoms with Gasteiger partial charge in [-0.05, 0) is 37.8 Å². The van der Waals surface area contributed by atoms with Crippen molar-refractivity contribution in [1.29, 1.82) is 0 Å². The normalized spacial score (nSPS) is 42.3. The maximum atomic E-state index is 5.78. The van der Waals surface area contributed by atoms with E-state index in [0.29, 0.717) is 12.1 Å². The minimum atomic E-state index is 0. The van der Waals surface area contributed by atoms with Gasteiger partial charge in [0.2, 0.25) is 0 Å². The van der Waals surface area contributed by atoms with Crippen molar-refractivity contribution >= 4 is 49.6 Å². The number of hydrogen-bond donors (Lipinski definition) is 2. The maximum absolute atomic E-state index is 5.78. The fraction of sp³-hybridized carbons (Fsp3) is 1.00. The van der Waals surface area contributed by atoms with Gasteiger partial charge < -0.3 is 21.3 Å². The summed E-state index contributed by atoms with van der Waals surface area (Å²) in [6, 6.07) is 1.01. The third kappa shape index (κ3) is 5.03. The Bertz CT molecular complexity index is 242. The van der Waals surface area contributed by atoms with Crippen molar-refractivity contribution in [3.05, 3.63) is 0 Å². The van der Waals surface area contributed by atoms with Crippen LogP contribution in [0.1, 0.15) is 12.8 Å². The quantitative estimate of drug-likeness (QED) is 0.668. The molecule has 4 fully saturated rings. The lowest BCUT2D eigenvalue weighted by Crippen LogP contribution is -2.34. The monoisotopic (exact) mass is 368 g/mol. The summed E-state index contributed by atoms with van der Waals surface area (Å²) in [7, 11) is 0. The number of piperidine rings is 2. The molecule has 4 aliphatic rings. The van der Waals surface area contributed by atoms with Crippen LogP contribution in [0.2, 0.25) is 0 Å². The Morgan fingerprint density at radius 3 is 1.05 bits per heavy atom. The zero-order chi connectivity index (χ0) is 11.1. The van der Waals surface area contributed by atoms with E-state index in [9.17, 15) is 0 Å². The molecule has 4 rings (SSSR count). The highest BCUT2D eigenvalue weighted by molar-refractivity contribution is 5.86. The minimum absolute atomic E-state index is 0. The summed E-state index contributed by atoms with van der Waals surface area (Å²) in [5.74, 6) is 1.69. The van der Waals surface area contributed by atoms with Crippen molar-refractivity contribution < 1.29 is 0 Å². The molecular weight excluding hydrogens is 342 g/mol. The van der Waals surface area contributed by atoms with Crippen LogP contribution < -0.4 is 11.5 Å². The molecule has 0 aromatic carbocycles. The third-order valence-corrected chi connectivity index (χ3v) is 4.77. The second-order valence-corrected chi connectivity index (χ2v) is 5.94. The molecule has 0 saturated carbocycles. The summed E-state index contributed by atoms with van der Waals surface area (Å²) in [6.45, 7) is 7.48. The molecule has 0 radical (unpaired) electrons. The van der Waals surface area contributed by atoms with E-state index in [-0.39, 0.29) is 49.6 Å². The number of nitrogens with two attached hydrogens (primary N) is 2. The summed E-state index contributed by atoms with van der Waals surface area (Å²) < 4.78 is 0. The van der Waals surface area contributed by atoms with Crippen LogP contribution in [-0.4, -0.2) is 61.2 Å². The molecule has 0 aromatic heterocycles. The Kier molecular flexibility index (Phi) is 11.5. The summed E-state index contributed by atoms with van der Waals surface area (Å²) in [5.41, 5.74) is 11.6. The number of hydrogen-bond acceptors (Lipinski definition) is 4. The lowest BCUT2D eigenvalue weighted by molar-refractivity contribution is 0.346. The van der Waals surface area contributed by atoms with Gasteiger partial charge in [0.05, 0.1) is 0 Å². The lowest BCUT2D eigenvalue weighted by Gasteiger charge is -2.16. The molecule has 4 heterocycles. The van der Waals surface area contributed by atoms with Crippen molar-refractivity contribution in [3.63, 3.8) is 0 Å². The molecule has 6 atom stereocenters. The third-order valence-electron chi connectivity index (χ3n) is 4.77. The van der Waals surface area contributed by atoms with Gasteiger partial charge in [0.25, 0.3) is 0 Å². The van der Waals surface area contributed by atoms with Gasteiger partial charge in [-0.1, -0.05) is 0 Å². The second kappa shape index (κ2) is 9.90. The smallest absolute Gasteiger partial charge is 0.0209 e. The van der Waals surface area contributed by atoms with Gasteiger partial charge in [0.1, 0.15) is 0 Å². The van der Waals surface area contributed by atoms with Crippen LogP contribution in [0.4, 0.5) is 0 Å². The van der Waals surface area contributed by atoms with Crippen LogP contribution >= 0.6 is 49.6 Å². The molecule has 124 valence electrons. The molecule has 0 aliphatic carbocycles. The fourth-order valence-electron chi connectivity index (χ4n) is 3.65. The van der Waals surface area contributed by atoms with Gasteiger partial charge in [-0.25, -0.2) is 0 Å². The average molecular weight is 370 g/mol. The van der Waals surface area contributed by atoms with E-state index in [1.165, 1.54) is 39.0 Å². The topological polar surface area (TPSA) is 58.5 Å². The van der Waals surface area contributed by atoms with Crippen molar-refractivity contribution in [2.24, 2.45) is 23.3 Å². The lowest BCUT2D eigenvalue weighted by atomic mass is 10.0. The van der Waals surface area contributed by atoms with Crippen LogP contribution in [0.25, 0.3) is 0 Å². The second-order valence-electron chi connectivity index (χ2n) is 5.94. The van der Waals surface area contributed by atoms with Crippen LogP contribution in [0.3, 0.4) is 0 Å². The van der Waals surface area contributed by atoms with Gasteiger partial charge in [-0.2, -0.15) is 0 Å². The highest BCUT2D eigenvalue weighted by Crippen LogP contribution is 2.26. The average Bonchev–Trinajstić information content (AvgIpc) is 2.94. The first-order valence-electron chi connectivity index (χ1n) is 6.68. The van der Waals surface area contributed by atoms with Crippen molar-refractivity contribution in [2.45, 2.75) is 24.9 Å². The molecule has 20 heavy (non-hydrogen) atoms. The Balaban J connectivity index is 0. The predicted molar refractivity (Wildman–Crippen MR) is 94.0 cm³/mol. The number of halogens is 4. The molecule has 4 saturated heterocycles. The van der Waals surface area contributed by atoms with Crippen molar-refractivity contribution in [2.75, 3.05) is 39.3 Å². The Morgan fingerprint density at radius 1 is 0.600 bits per heavy atom. The summed E-state index contributed by atoms with van der Waals surface area (Å²) in [4.78, 5) is 4.91. The highest BCUT2D eigenvalue weighted by atomic mass is 35.5. The van der Waals surface area contributed by atoms with Crippen molar-refractivity contribution in [3.8, 4) is 0 Å². The van der Waals surface area contributed by atoms with Gasteiger partial charge >= 0.3 is 0 Å². The Labute approximate surface area is 147 Å². The van der Waals surface area contributed by atoms with E-state index in [1.807, 2.05) is 0 Å². The van der Waals surface area contributed by atoms with Gasteiger partial charge in [-0.3, -0.25) is 0 Å². The molecule has 0 aromatic rings. The van der Waals surface area contributed by atoms with Gasteiger partial charge in [0, 0.05) is 38.3 Å². The number of rotatable bonds is 0. The Hall–Kier alpha value is 1.000.